The maximum absolute atomic E-state index is 13.8. The maximum Gasteiger partial charge on any atom is 0.418 e. The zero-order valence-electron chi connectivity index (χ0n) is 19.5. The Morgan fingerprint density at radius 1 is 0.868 bits per heavy atom. The molecule has 6 nitrogen and oxygen atoms in total. The predicted molar refractivity (Wildman–Crippen MR) is 135 cm³/mol. The van der Waals surface area contributed by atoms with Crippen molar-refractivity contribution in [1.29, 1.82) is 0 Å². The van der Waals surface area contributed by atoms with E-state index in [4.69, 9.17) is 11.6 Å². The fourth-order valence-electron chi connectivity index (χ4n) is 5.75. The smallest absolute Gasteiger partial charge is 0.357 e. The monoisotopic (exact) mass is 537 g/mol. The number of para-hydroxylation sites is 1. The van der Waals surface area contributed by atoms with Gasteiger partial charge in [0.25, 0.3) is 0 Å². The summed E-state index contributed by atoms with van der Waals surface area (Å²) >= 11 is 5.94. The number of fused-ring (bicyclic) bond motifs is 5. The predicted octanol–water partition coefficient (Wildman–Crippen LogP) is 5.51. The Morgan fingerprint density at radius 2 is 1.53 bits per heavy atom. The van der Waals surface area contributed by atoms with Gasteiger partial charge in [-0.1, -0.05) is 48.0 Å². The number of hydrogen-bond acceptors (Lipinski definition) is 4. The number of carbonyl (C=O) groups is 3. The zero-order valence-corrected chi connectivity index (χ0v) is 20.3. The average molecular weight is 538 g/mol. The van der Waals surface area contributed by atoms with Gasteiger partial charge in [-0.25, -0.2) is 4.90 Å². The van der Waals surface area contributed by atoms with Crippen LogP contribution in [-0.4, -0.2) is 28.7 Å². The SMILES string of the molecule is O=C(Nc1ccc(Cl)cc1)[C@@H]1[C@@H]2C(=O)N(c3ccccc3C(F)(F)F)C(=O)[C@H]2[C@H]2c3ccccc3C=CN12. The second kappa shape index (κ2) is 8.73. The minimum absolute atomic E-state index is 0.428. The van der Waals surface area contributed by atoms with Gasteiger partial charge in [0, 0.05) is 16.9 Å². The van der Waals surface area contributed by atoms with Crippen LogP contribution in [-0.2, 0) is 20.6 Å². The third-order valence-electron chi connectivity index (χ3n) is 7.29. The minimum Gasteiger partial charge on any atom is -0.357 e. The van der Waals surface area contributed by atoms with Crippen LogP contribution in [0.1, 0.15) is 22.7 Å². The van der Waals surface area contributed by atoms with E-state index in [1.165, 1.54) is 12.1 Å². The Morgan fingerprint density at radius 3 is 2.26 bits per heavy atom. The topological polar surface area (TPSA) is 69.7 Å². The summed E-state index contributed by atoms with van der Waals surface area (Å²) < 4.78 is 41.5. The molecular formula is C28H19ClF3N3O3. The average Bonchev–Trinajstić information content (AvgIpc) is 3.37. The molecule has 10 heteroatoms. The van der Waals surface area contributed by atoms with Crippen LogP contribution in [0.4, 0.5) is 24.5 Å². The van der Waals surface area contributed by atoms with Crippen LogP contribution >= 0.6 is 11.6 Å². The van der Waals surface area contributed by atoms with Crippen molar-refractivity contribution in [2.45, 2.75) is 18.3 Å². The summed E-state index contributed by atoms with van der Waals surface area (Å²) in [4.78, 5) is 43.6. The molecule has 0 aromatic heterocycles. The van der Waals surface area contributed by atoms with Crippen LogP contribution in [0.25, 0.3) is 6.08 Å². The molecule has 0 spiro atoms. The number of anilines is 2. The molecule has 3 aliphatic heterocycles. The van der Waals surface area contributed by atoms with Crippen LogP contribution in [0.15, 0.2) is 79.0 Å². The first-order valence-electron chi connectivity index (χ1n) is 11.8. The van der Waals surface area contributed by atoms with Crippen molar-refractivity contribution in [1.82, 2.24) is 4.90 Å². The maximum atomic E-state index is 13.8. The van der Waals surface area contributed by atoms with E-state index in [-0.39, 0.29) is 0 Å². The number of nitrogens with one attached hydrogen (secondary N) is 1. The van der Waals surface area contributed by atoms with Crippen LogP contribution in [0.3, 0.4) is 0 Å². The Balaban J connectivity index is 1.46. The molecule has 3 aliphatic rings. The van der Waals surface area contributed by atoms with Gasteiger partial charge in [-0.2, -0.15) is 13.2 Å². The minimum atomic E-state index is -4.79. The van der Waals surface area contributed by atoms with E-state index in [0.29, 0.717) is 15.6 Å². The van der Waals surface area contributed by atoms with Crippen molar-refractivity contribution in [2.24, 2.45) is 11.8 Å². The second-order valence-corrected chi connectivity index (χ2v) is 9.79. The third-order valence-corrected chi connectivity index (χ3v) is 7.54. The molecule has 3 heterocycles. The van der Waals surface area contributed by atoms with Crippen molar-refractivity contribution in [3.63, 3.8) is 0 Å². The lowest BCUT2D eigenvalue weighted by molar-refractivity contribution is -0.137. The molecule has 0 saturated carbocycles. The van der Waals surface area contributed by atoms with Crippen molar-refractivity contribution in [3.8, 4) is 0 Å². The fraction of sp³-hybridized carbons (Fsp3) is 0.179. The Kier molecular flexibility index (Phi) is 5.57. The van der Waals surface area contributed by atoms with Crippen molar-refractivity contribution < 1.29 is 27.6 Å². The van der Waals surface area contributed by atoms with Crippen molar-refractivity contribution in [2.75, 3.05) is 10.2 Å². The Bertz CT molecular complexity index is 1500. The van der Waals surface area contributed by atoms with Gasteiger partial charge in [0.2, 0.25) is 17.7 Å². The number of alkyl halides is 3. The molecule has 3 aromatic rings. The summed E-state index contributed by atoms with van der Waals surface area (Å²) in [5.74, 6) is -4.42. The van der Waals surface area contributed by atoms with E-state index in [1.807, 2.05) is 12.1 Å². The third kappa shape index (κ3) is 3.68. The number of benzene rings is 3. The molecule has 6 rings (SSSR count). The van der Waals surface area contributed by atoms with E-state index < -0.39 is 59.1 Å². The van der Waals surface area contributed by atoms with Gasteiger partial charge in [-0.15, -0.1) is 0 Å². The van der Waals surface area contributed by atoms with Crippen LogP contribution in [0.2, 0.25) is 5.02 Å². The highest BCUT2D eigenvalue weighted by atomic mass is 35.5. The van der Waals surface area contributed by atoms with E-state index in [9.17, 15) is 27.6 Å². The zero-order chi connectivity index (χ0) is 26.8. The number of imide groups is 1. The van der Waals surface area contributed by atoms with Gasteiger partial charge in [-0.05, 0) is 53.6 Å². The molecule has 1 N–H and O–H groups in total. The first kappa shape index (κ1) is 24.2. The van der Waals surface area contributed by atoms with Gasteiger partial charge < -0.3 is 10.2 Å². The van der Waals surface area contributed by atoms with Crippen LogP contribution < -0.4 is 10.2 Å². The van der Waals surface area contributed by atoms with Crippen LogP contribution in [0.5, 0.6) is 0 Å². The van der Waals surface area contributed by atoms with E-state index in [2.05, 4.69) is 5.32 Å². The largest absolute Gasteiger partial charge is 0.418 e. The number of rotatable bonds is 3. The summed E-state index contributed by atoms with van der Waals surface area (Å²) in [6, 6.07) is 16.3. The van der Waals surface area contributed by atoms with Gasteiger partial charge in [-0.3, -0.25) is 14.4 Å². The standard InChI is InChI=1S/C28H19ClF3N3O3/c29-16-9-11-17(12-10-16)33-25(36)24-22-21(23-18-6-2-1-5-15(18)13-14-34(23)24)26(37)35(27(22)38)20-8-4-3-7-19(20)28(30,31)32/h1-14,21-24H,(H,33,36)/t21-,22-,23-,24+/m1/s1. The lowest BCUT2D eigenvalue weighted by atomic mass is 9.84. The second-order valence-electron chi connectivity index (χ2n) is 9.36. The molecule has 2 saturated heterocycles. The number of amides is 3. The van der Waals surface area contributed by atoms with Crippen molar-refractivity contribution >= 4 is 46.8 Å². The fourth-order valence-corrected chi connectivity index (χ4v) is 5.88. The van der Waals surface area contributed by atoms with Crippen molar-refractivity contribution in [3.05, 3.63) is 101 Å². The molecule has 38 heavy (non-hydrogen) atoms. The van der Waals surface area contributed by atoms with Gasteiger partial charge in [0.05, 0.1) is 29.1 Å². The summed E-state index contributed by atoms with van der Waals surface area (Å²) in [5, 5.41) is 3.24. The van der Waals surface area contributed by atoms with Gasteiger partial charge in [0.15, 0.2) is 0 Å². The molecule has 192 valence electrons. The molecular weight excluding hydrogens is 519 g/mol. The Labute approximate surface area is 220 Å². The van der Waals surface area contributed by atoms with E-state index >= 15 is 0 Å². The Hall–Kier alpha value is -4.11. The van der Waals surface area contributed by atoms with Gasteiger partial charge in [0.1, 0.15) is 6.04 Å². The van der Waals surface area contributed by atoms with Crippen LogP contribution in [0, 0.1) is 11.8 Å². The number of halogens is 4. The molecule has 3 aromatic carbocycles. The van der Waals surface area contributed by atoms with E-state index in [0.717, 1.165) is 23.3 Å². The molecule has 2 fully saturated rings. The lowest BCUT2D eigenvalue weighted by Gasteiger charge is -2.35. The first-order chi connectivity index (χ1) is 18.2. The molecule has 4 atom stereocenters. The summed E-state index contributed by atoms with van der Waals surface area (Å²) in [6.45, 7) is 0. The molecule has 0 bridgehead atoms. The molecule has 0 unspecified atom stereocenters. The highest BCUT2D eigenvalue weighted by molar-refractivity contribution is 6.30. The number of nitrogens with zero attached hydrogens (tertiary/aromatic N) is 2. The van der Waals surface area contributed by atoms with Gasteiger partial charge >= 0.3 is 6.18 Å². The first-order valence-corrected chi connectivity index (χ1v) is 12.2. The molecule has 3 amide bonds. The van der Waals surface area contributed by atoms with E-state index in [1.54, 1.807) is 53.6 Å². The summed E-state index contributed by atoms with van der Waals surface area (Å²) in [7, 11) is 0. The molecule has 0 radical (unpaired) electrons. The number of hydrogen-bond donors (Lipinski definition) is 1. The summed E-state index contributed by atoms with van der Waals surface area (Å²) in [5.41, 5.74) is 0.327. The molecule has 0 aliphatic carbocycles. The number of carbonyl (C=O) groups excluding carboxylic acids is 3. The quantitative estimate of drug-likeness (QED) is 0.447. The lowest BCUT2D eigenvalue weighted by Crippen LogP contribution is -2.46. The summed E-state index contributed by atoms with van der Waals surface area (Å²) in [6.07, 6.45) is -1.32. The highest BCUT2D eigenvalue weighted by Gasteiger charge is 2.65. The normalized spacial score (nSPS) is 23.8. The highest BCUT2D eigenvalue weighted by Crippen LogP contribution is 2.54.